The van der Waals surface area contributed by atoms with Crippen LogP contribution in [0.4, 0.5) is 20.2 Å². The van der Waals surface area contributed by atoms with Gasteiger partial charge < -0.3 is 30.6 Å². The molecule has 1 aliphatic carbocycles. The van der Waals surface area contributed by atoms with E-state index < -0.39 is 17.0 Å². The molecule has 0 bridgehead atoms. The van der Waals surface area contributed by atoms with Crippen molar-refractivity contribution >= 4 is 35.1 Å². The van der Waals surface area contributed by atoms with Crippen molar-refractivity contribution in [1.29, 1.82) is 5.41 Å². The van der Waals surface area contributed by atoms with Crippen molar-refractivity contribution < 1.29 is 23.1 Å². The molecule has 1 spiro atoms. The van der Waals surface area contributed by atoms with Crippen molar-refractivity contribution in [3.05, 3.63) is 94.6 Å². The number of likely N-dealkylation sites (tertiary alicyclic amines) is 1. The molecule has 2 heterocycles. The van der Waals surface area contributed by atoms with Gasteiger partial charge in [-0.15, -0.1) is 0 Å². The summed E-state index contributed by atoms with van der Waals surface area (Å²) in [5.41, 5.74) is 2.74. The molecule has 10 heteroatoms. The van der Waals surface area contributed by atoms with E-state index in [1.807, 2.05) is 30.3 Å². The highest BCUT2D eigenvalue weighted by atomic mass is 19.1. The van der Waals surface area contributed by atoms with E-state index in [2.05, 4.69) is 22.6 Å². The summed E-state index contributed by atoms with van der Waals surface area (Å²) in [7, 11) is 3.66. The fourth-order valence-electron chi connectivity index (χ4n) is 6.62. The molecule has 45 heavy (non-hydrogen) atoms. The maximum absolute atomic E-state index is 14.7. The standard InChI is InChI=1S/C35H37F2N5O3/c1-41-16-11-25(12-17-41)39-33(43)27-18-23(30(10-15-38)40-31-9-6-24(36)20-29(31)37)19-28-32(27)42(34(44)35(28)13-3-14-35)21-22-4-7-26(45-2)8-5-22/h4-10,15,18-20,25,38,40H,3,11-14,16-17,21H2,1-2H3,(H,39,43)/b30-10-,38-15?. The van der Waals surface area contributed by atoms with E-state index in [1.54, 1.807) is 18.1 Å². The second kappa shape index (κ2) is 12.4. The van der Waals surface area contributed by atoms with Crippen LogP contribution in [-0.2, 0) is 16.8 Å². The Balaban J connectivity index is 1.46. The van der Waals surface area contributed by atoms with Crippen LogP contribution in [0.5, 0.6) is 5.75 Å². The van der Waals surface area contributed by atoms with Crippen molar-refractivity contribution in [2.75, 3.05) is 37.5 Å². The normalized spacial score (nSPS) is 18.0. The molecule has 0 radical (unpaired) electrons. The molecule has 234 valence electrons. The Hall–Kier alpha value is -4.57. The number of allylic oxidation sites excluding steroid dienone is 1. The third-order valence-corrected chi connectivity index (χ3v) is 9.32. The molecule has 0 aromatic heterocycles. The van der Waals surface area contributed by atoms with Crippen molar-refractivity contribution in [3.63, 3.8) is 0 Å². The molecule has 3 aromatic rings. The molecule has 3 aromatic carbocycles. The molecule has 1 saturated carbocycles. The number of hydrogen-bond donors (Lipinski definition) is 3. The van der Waals surface area contributed by atoms with Crippen molar-refractivity contribution in [1.82, 2.24) is 10.2 Å². The summed E-state index contributed by atoms with van der Waals surface area (Å²) in [6.45, 7) is 2.02. The summed E-state index contributed by atoms with van der Waals surface area (Å²) in [6.07, 6.45) is 6.34. The number of methoxy groups -OCH3 is 1. The van der Waals surface area contributed by atoms with E-state index >= 15 is 0 Å². The van der Waals surface area contributed by atoms with E-state index in [-0.39, 0.29) is 30.1 Å². The number of amides is 2. The Morgan fingerprint density at radius 3 is 2.44 bits per heavy atom. The van der Waals surface area contributed by atoms with Crippen LogP contribution in [0.15, 0.2) is 60.7 Å². The first-order valence-corrected chi connectivity index (χ1v) is 15.3. The quantitative estimate of drug-likeness (QED) is 0.263. The first kappa shape index (κ1) is 30.5. The second-order valence-electron chi connectivity index (χ2n) is 12.1. The molecule has 3 aliphatic rings. The molecule has 6 rings (SSSR count). The molecule has 2 fully saturated rings. The number of halogens is 2. The SMILES string of the molecule is COc1ccc(CN2C(=O)C3(CCC3)c3cc(/C(=C/C=N)Nc4ccc(F)cc4F)cc(C(=O)NC4CCN(C)CC4)c32)cc1. The molecular weight excluding hydrogens is 576 g/mol. The Bertz CT molecular complexity index is 1660. The van der Waals surface area contributed by atoms with Gasteiger partial charge in [-0.05, 0) is 105 Å². The lowest BCUT2D eigenvalue weighted by molar-refractivity contribution is -0.126. The Labute approximate surface area is 261 Å². The minimum absolute atomic E-state index is 0.0131. The predicted octanol–water partition coefficient (Wildman–Crippen LogP) is 5.87. The van der Waals surface area contributed by atoms with E-state index in [0.29, 0.717) is 41.1 Å². The second-order valence-corrected chi connectivity index (χ2v) is 12.1. The highest BCUT2D eigenvalue weighted by molar-refractivity contribution is 6.15. The molecular formula is C35H37F2N5O3. The van der Waals surface area contributed by atoms with Crippen LogP contribution >= 0.6 is 0 Å². The van der Waals surface area contributed by atoms with Crippen LogP contribution in [0, 0.1) is 17.0 Å². The van der Waals surface area contributed by atoms with Gasteiger partial charge in [-0.2, -0.15) is 0 Å². The molecule has 1 saturated heterocycles. The van der Waals surface area contributed by atoms with E-state index in [4.69, 9.17) is 10.1 Å². The van der Waals surface area contributed by atoms with Gasteiger partial charge >= 0.3 is 0 Å². The first-order chi connectivity index (χ1) is 21.7. The van der Waals surface area contributed by atoms with Crippen LogP contribution in [-0.4, -0.2) is 56.2 Å². The van der Waals surface area contributed by atoms with Crippen LogP contribution in [0.25, 0.3) is 5.70 Å². The van der Waals surface area contributed by atoms with Gasteiger partial charge in [-0.3, -0.25) is 9.59 Å². The topological polar surface area (TPSA) is 97.8 Å². The average molecular weight is 614 g/mol. The zero-order valence-electron chi connectivity index (χ0n) is 25.5. The molecule has 0 unspecified atom stereocenters. The van der Waals surface area contributed by atoms with Gasteiger partial charge in [-0.1, -0.05) is 18.6 Å². The van der Waals surface area contributed by atoms with Gasteiger partial charge in [0.05, 0.1) is 36.0 Å². The van der Waals surface area contributed by atoms with Crippen molar-refractivity contribution in [3.8, 4) is 5.75 Å². The molecule has 0 atom stereocenters. The molecule has 8 nitrogen and oxygen atoms in total. The Kier molecular flexibility index (Phi) is 8.42. The van der Waals surface area contributed by atoms with Gasteiger partial charge in [0.2, 0.25) is 5.91 Å². The van der Waals surface area contributed by atoms with Crippen molar-refractivity contribution in [2.24, 2.45) is 0 Å². The molecule has 2 aliphatic heterocycles. The third-order valence-electron chi connectivity index (χ3n) is 9.32. The number of carbonyl (C=O) groups is 2. The number of carbonyl (C=O) groups excluding carboxylic acids is 2. The Morgan fingerprint density at radius 2 is 1.82 bits per heavy atom. The van der Waals surface area contributed by atoms with Crippen LogP contribution in [0.3, 0.4) is 0 Å². The van der Waals surface area contributed by atoms with Gasteiger partial charge in [0.25, 0.3) is 5.91 Å². The summed E-state index contributed by atoms with van der Waals surface area (Å²) >= 11 is 0. The smallest absolute Gasteiger partial charge is 0.253 e. The lowest BCUT2D eigenvalue weighted by Crippen LogP contribution is -2.45. The van der Waals surface area contributed by atoms with E-state index in [9.17, 15) is 18.4 Å². The Morgan fingerprint density at radius 1 is 1.09 bits per heavy atom. The minimum atomic E-state index is -0.788. The summed E-state index contributed by atoms with van der Waals surface area (Å²) in [6, 6.07) is 14.3. The maximum Gasteiger partial charge on any atom is 0.253 e. The fourth-order valence-corrected chi connectivity index (χ4v) is 6.62. The number of anilines is 2. The number of ether oxygens (including phenoxy) is 1. The van der Waals surface area contributed by atoms with Crippen LogP contribution < -0.4 is 20.3 Å². The maximum atomic E-state index is 14.7. The third kappa shape index (κ3) is 5.82. The van der Waals surface area contributed by atoms with E-state index in [1.165, 1.54) is 12.1 Å². The summed E-state index contributed by atoms with van der Waals surface area (Å²) in [5, 5.41) is 14.0. The number of fused-ring (bicyclic) bond motifs is 2. The summed E-state index contributed by atoms with van der Waals surface area (Å²) in [5.74, 6) is -1.11. The van der Waals surface area contributed by atoms with Gasteiger partial charge in [0, 0.05) is 24.0 Å². The zero-order valence-corrected chi connectivity index (χ0v) is 25.5. The predicted molar refractivity (Wildman–Crippen MR) is 171 cm³/mol. The fraction of sp³-hybridized carbons (Fsp3) is 0.343. The first-order valence-electron chi connectivity index (χ1n) is 15.3. The number of hydrogen-bond acceptors (Lipinski definition) is 6. The largest absolute Gasteiger partial charge is 0.497 e. The number of rotatable bonds is 9. The van der Waals surface area contributed by atoms with Crippen molar-refractivity contribution in [2.45, 2.75) is 50.1 Å². The lowest BCUT2D eigenvalue weighted by atomic mass is 9.64. The van der Waals surface area contributed by atoms with Gasteiger partial charge in [-0.25, -0.2) is 8.78 Å². The lowest BCUT2D eigenvalue weighted by Gasteiger charge is -2.37. The molecule has 3 N–H and O–H groups in total. The van der Waals surface area contributed by atoms with E-state index in [0.717, 1.165) is 61.8 Å². The highest BCUT2D eigenvalue weighted by Crippen LogP contribution is 2.55. The van der Waals surface area contributed by atoms with Crippen LogP contribution in [0.1, 0.15) is 59.2 Å². The number of nitrogens with one attached hydrogen (secondary N) is 3. The average Bonchev–Trinajstić information content (AvgIpc) is 3.26. The number of nitrogens with zero attached hydrogens (tertiary/aromatic N) is 2. The minimum Gasteiger partial charge on any atom is -0.497 e. The van der Waals surface area contributed by atoms with Gasteiger partial charge in [0.1, 0.15) is 17.4 Å². The van der Waals surface area contributed by atoms with Crippen LogP contribution in [0.2, 0.25) is 0 Å². The zero-order chi connectivity index (χ0) is 31.7. The highest BCUT2D eigenvalue weighted by Gasteiger charge is 2.55. The monoisotopic (exact) mass is 613 g/mol. The van der Waals surface area contributed by atoms with Gasteiger partial charge in [0.15, 0.2) is 0 Å². The number of piperidine rings is 1. The summed E-state index contributed by atoms with van der Waals surface area (Å²) in [4.78, 5) is 32.4. The number of benzene rings is 3. The summed E-state index contributed by atoms with van der Waals surface area (Å²) < 4.78 is 33.7. The molecule has 2 amide bonds.